The second-order valence-electron chi connectivity index (χ2n) is 4.90. The largest absolute Gasteiger partial charge is 0.462 e. The summed E-state index contributed by atoms with van der Waals surface area (Å²) in [7, 11) is 0. The number of halogens is 1. The number of hydrogen-bond acceptors (Lipinski definition) is 7. The van der Waals surface area contributed by atoms with Gasteiger partial charge in [-0.1, -0.05) is 17.7 Å². The predicted molar refractivity (Wildman–Crippen MR) is 95.0 cm³/mol. The number of Topliss-reactive ketones (excluding diaryl/α,β-unsaturated/α-hetero) is 1. The molecule has 0 amide bonds. The van der Waals surface area contributed by atoms with E-state index in [0.717, 1.165) is 6.20 Å². The van der Waals surface area contributed by atoms with E-state index in [1.165, 1.54) is 36.5 Å². The van der Waals surface area contributed by atoms with Crippen LogP contribution >= 0.6 is 11.6 Å². The molecule has 0 radical (unpaired) electrons. The highest BCUT2D eigenvalue weighted by Crippen LogP contribution is 2.20. The van der Waals surface area contributed by atoms with Gasteiger partial charge < -0.3 is 10.1 Å². The van der Waals surface area contributed by atoms with Gasteiger partial charge in [0.25, 0.3) is 5.69 Å². The number of ketones is 1. The average Bonchev–Trinajstić information content (AvgIpc) is 2.62. The minimum absolute atomic E-state index is 0.0364. The molecule has 0 bridgehead atoms. The van der Waals surface area contributed by atoms with Crippen molar-refractivity contribution in [3.63, 3.8) is 0 Å². The lowest BCUT2D eigenvalue weighted by molar-refractivity contribution is -0.384. The number of anilines is 1. The van der Waals surface area contributed by atoms with Crippen LogP contribution < -0.4 is 5.32 Å². The van der Waals surface area contributed by atoms with Gasteiger partial charge in [0.05, 0.1) is 17.1 Å². The SMILES string of the molecule is CCOC(=O)/C(=C/Nc1cccc([N+](=O)[O-])c1)C(=O)c1cccnc1Cl. The average molecular weight is 376 g/mol. The van der Waals surface area contributed by atoms with Crippen LogP contribution in [0.2, 0.25) is 5.15 Å². The maximum Gasteiger partial charge on any atom is 0.343 e. The first kappa shape index (κ1) is 19.1. The van der Waals surface area contributed by atoms with Crippen LogP contribution in [-0.4, -0.2) is 28.3 Å². The van der Waals surface area contributed by atoms with E-state index in [1.54, 1.807) is 13.0 Å². The van der Waals surface area contributed by atoms with Crippen LogP contribution in [0.15, 0.2) is 54.4 Å². The van der Waals surface area contributed by atoms with Gasteiger partial charge in [0.2, 0.25) is 5.78 Å². The normalized spacial score (nSPS) is 10.9. The van der Waals surface area contributed by atoms with Crippen LogP contribution in [0.1, 0.15) is 17.3 Å². The van der Waals surface area contributed by atoms with Crippen molar-refractivity contribution in [3.05, 3.63) is 75.2 Å². The number of ether oxygens (including phenoxy) is 1. The number of nitro groups is 1. The summed E-state index contributed by atoms with van der Waals surface area (Å²) in [6, 6.07) is 8.54. The Morgan fingerprint density at radius 1 is 1.35 bits per heavy atom. The van der Waals surface area contributed by atoms with Gasteiger partial charge in [0, 0.05) is 30.2 Å². The molecule has 0 unspecified atom stereocenters. The molecule has 0 saturated carbocycles. The Morgan fingerprint density at radius 3 is 2.77 bits per heavy atom. The molecule has 0 aliphatic carbocycles. The highest BCUT2D eigenvalue weighted by molar-refractivity contribution is 6.36. The van der Waals surface area contributed by atoms with Crippen molar-refractivity contribution in [1.29, 1.82) is 0 Å². The number of aromatic nitrogens is 1. The van der Waals surface area contributed by atoms with Gasteiger partial charge in [0.1, 0.15) is 10.7 Å². The summed E-state index contributed by atoms with van der Waals surface area (Å²) < 4.78 is 4.90. The number of carbonyl (C=O) groups excluding carboxylic acids is 2. The molecule has 0 fully saturated rings. The third-order valence-corrected chi connectivity index (χ3v) is 3.49. The fourth-order valence-corrected chi connectivity index (χ4v) is 2.20. The third kappa shape index (κ3) is 4.64. The van der Waals surface area contributed by atoms with Crippen molar-refractivity contribution in [3.8, 4) is 0 Å². The quantitative estimate of drug-likeness (QED) is 0.115. The minimum atomic E-state index is -0.852. The Labute approximate surface area is 153 Å². The van der Waals surface area contributed by atoms with Crippen LogP contribution in [0, 0.1) is 10.1 Å². The van der Waals surface area contributed by atoms with Gasteiger partial charge in [-0.3, -0.25) is 14.9 Å². The number of rotatable bonds is 7. The Bertz CT molecular complexity index is 882. The number of nitrogens with one attached hydrogen (secondary N) is 1. The molecular weight excluding hydrogens is 362 g/mol. The van der Waals surface area contributed by atoms with Gasteiger partial charge in [-0.2, -0.15) is 0 Å². The number of benzene rings is 1. The maximum absolute atomic E-state index is 12.6. The second-order valence-corrected chi connectivity index (χ2v) is 5.26. The zero-order valence-corrected chi connectivity index (χ0v) is 14.4. The van der Waals surface area contributed by atoms with Crippen LogP contribution in [-0.2, 0) is 9.53 Å². The topological polar surface area (TPSA) is 111 Å². The molecule has 9 heteroatoms. The van der Waals surface area contributed by atoms with Crippen LogP contribution in [0.5, 0.6) is 0 Å². The number of non-ortho nitro benzene ring substituents is 1. The molecule has 0 spiro atoms. The van der Waals surface area contributed by atoms with Gasteiger partial charge in [0.15, 0.2) is 0 Å². The molecule has 1 heterocycles. The summed E-state index contributed by atoms with van der Waals surface area (Å²) in [5.74, 6) is -1.53. The van der Waals surface area contributed by atoms with Crippen molar-refractivity contribution in [2.45, 2.75) is 6.92 Å². The van der Waals surface area contributed by atoms with E-state index >= 15 is 0 Å². The molecule has 0 aliphatic rings. The molecule has 134 valence electrons. The highest BCUT2D eigenvalue weighted by Gasteiger charge is 2.23. The van der Waals surface area contributed by atoms with E-state index < -0.39 is 16.7 Å². The Morgan fingerprint density at radius 2 is 2.12 bits per heavy atom. The second kappa shape index (κ2) is 8.72. The molecule has 2 aromatic rings. The van der Waals surface area contributed by atoms with Crippen LogP contribution in [0.3, 0.4) is 0 Å². The highest BCUT2D eigenvalue weighted by atomic mass is 35.5. The zero-order valence-electron chi connectivity index (χ0n) is 13.6. The van der Waals surface area contributed by atoms with Crippen LogP contribution in [0.25, 0.3) is 0 Å². The predicted octanol–water partition coefficient (Wildman–Crippen LogP) is 3.39. The first-order valence-electron chi connectivity index (χ1n) is 7.47. The Kier molecular flexibility index (Phi) is 6.40. The third-order valence-electron chi connectivity index (χ3n) is 3.18. The minimum Gasteiger partial charge on any atom is -0.462 e. The Hall–Kier alpha value is -3.26. The first-order chi connectivity index (χ1) is 12.4. The molecule has 8 nitrogen and oxygen atoms in total. The number of hydrogen-bond donors (Lipinski definition) is 1. The molecule has 0 saturated heterocycles. The first-order valence-corrected chi connectivity index (χ1v) is 7.85. The van der Waals surface area contributed by atoms with Crippen LogP contribution in [0.4, 0.5) is 11.4 Å². The van der Waals surface area contributed by atoms with Crippen molar-refractivity contribution in [1.82, 2.24) is 4.98 Å². The molecule has 0 aliphatic heterocycles. The molecule has 1 aromatic carbocycles. The number of carbonyl (C=O) groups is 2. The maximum atomic E-state index is 12.6. The van der Waals surface area contributed by atoms with E-state index in [-0.39, 0.29) is 28.6 Å². The summed E-state index contributed by atoms with van der Waals surface area (Å²) in [4.78, 5) is 38.9. The van der Waals surface area contributed by atoms with Crippen molar-refractivity contribution in [2.24, 2.45) is 0 Å². The fourth-order valence-electron chi connectivity index (χ4n) is 1.99. The standard InChI is InChI=1S/C17H14ClN3O5/c1-2-26-17(23)14(15(22)13-7-4-8-19-16(13)18)10-20-11-5-3-6-12(9-11)21(24)25/h3-10,20H,2H2,1H3/b14-10+. The lowest BCUT2D eigenvalue weighted by Gasteiger charge is -2.08. The Balaban J connectivity index is 2.35. The van der Waals surface area contributed by atoms with Gasteiger partial charge in [-0.15, -0.1) is 0 Å². The van der Waals surface area contributed by atoms with Gasteiger partial charge >= 0.3 is 5.97 Å². The smallest absolute Gasteiger partial charge is 0.343 e. The summed E-state index contributed by atoms with van der Waals surface area (Å²) in [5, 5.41) is 13.5. The fraction of sp³-hybridized carbons (Fsp3) is 0.118. The summed E-state index contributed by atoms with van der Waals surface area (Å²) >= 11 is 5.91. The zero-order chi connectivity index (χ0) is 19.1. The number of esters is 1. The molecule has 0 atom stereocenters. The summed E-state index contributed by atoms with van der Waals surface area (Å²) in [5.41, 5.74) is -0.0867. The molecule has 1 N–H and O–H groups in total. The summed E-state index contributed by atoms with van der Waals surface area (Å²) in [6.45, 7) is 1.67. The van der Waals surface area contributed by atoms with E-state index in [1.807, 2.05) is 0 Å². The molecular formula is C17H14ClN3O5. The molecule has 26 heavy (non-hydrogen) atoms. The lowest BCUT2D eigenvalue weighted by atomic mass is 10.1. The van der Waals surface area contributed by atoms with Crippen molar-refractivity contribution < 1.29 is 19.2 Å². The molecule has 2 rings (SSSR count). The number of pyridine rings is 1. The van der Waals surface area contributed by atoms with Gasteiger partial charge in [-0.25, -0.2) is 9.78 Å². The summed E-state index contributed by atoms with van der Waals surface area (Å²) in [6.07, 6.45) is 2.54. The van der Waals surface area contributed by atoms with Crippen molar-refractivity contribution >= 4 is 34.7 Å². The number of nitro benzene ring substituents is 1. The molecule has 1 aromatic heterocycles. The van der Waals surface area contributed by atoms with E-state index in [9.17, 15) is 19.7 Å². The van der Waals surface area contributed by atoms with E-state index in [2.05, 4.69) is 10.3 Å². The van der Waals surface area contributed by atoms with E-state index in [4.69, 9.17) is 16.3 Å². The van der Waals surface area contributed by atoms with Gasteiger partial charge in [-0.05, 0) is 25.1 Å². The number of nitrogens with zero attached hydrogens (tertiary/aromatic N) is 2. The van der Waals surface area contributed by atoms with E-state index in [0.29, 0.717) is 5.69 Å². The monoisotopic (exact) mass is 375 g/mol. The lowest BCUT2D eigenvalue weighted by Crippen LogP contribution is -2.18. The van der Waals surface area contributed by atoms with Crippen molar-refractivity contribution in [2.75, 3.05) is 11.9 Å².